The van der Waals surface area contributed by atoms with Crippen LogP contribution in [0.25, 0.3) is 10.9 Å². The summed E-state index contributed by atoms with van der Waals surface area (Å²) in [4.78, 5) is 19.2. The molecule has 3 nitrogen and oxygen atoms in total. The van der Waals surface area contributed by atoms with Crippen molar-refractivity contribution in [2.24, 2.45) is 5.92 Å². The van der Waals surface area contributed by atoms with Crippen LogP contribution in [-0.2, 0) is 0 Å². The number of para-hydroxylation sites is 1. The molecule has 1 aromatic carbocycles. The minimum atomic E-state index is 0.0759. The molecule has 0 spiro atoms. The zero-order valence-corrected chi connectivity index (χ0v) is 12.0. The van der Waals surface area contributed by atoms with E-state index < -0.39 is 0 Å². The van der Waals surface area contributed by atoms with Crippen LogP contribution in [-0.4, -0.2) is 28.4 Å². The molecule has 3 heteroatoms. The van der Waals surface area contributed by atoms with Crippen LogP contribution in [0.5, 0.6) is 0 Å². The van der Waals surface area contributed by atoms with Crippen molar-refractivity contribution < 1.29 is 4.79 Å². The highest BCUT2D eigenvalue weighted by Gasteiger charge is 2.33. The van der Waals surface area contributed by atoms with E-state index in [9.17, 15) is 4.79 Å². The lowest BCUT2D eigenvalue weighted by atomic mass is 10.1. The second-order valence-electron chi connectivity index (χ2n) is 5.97. The van der Waals surface area contributed by atoms with Crippen LogP contribution >= 0.6 is 0 Å². The van der Waals surface area contributed by atoms with Crippen LogP contribution < -0.4 is 0 Å². The maximum atomic E-state index is 12.7. The van der Waals surface area contributed by atoms with Crippen LogP contribution in [0.15, 0.2) is 36.4 Å². The van der Waals surface area contributed by atoms with Crippen molar-refractivity contribution in [1.82, 2.24) is 9.88 Å². The molecule has 0 unspecified atom stereocenters. The molecule has 1 fully saturated rings. The van der Waals surface area contributed by atoms with Gasteiger partial charge in [-0.3, -0.25) is 4.79 Å². The van der Waals surface area contributed by atoms with E-state index in [1.54, 1.807) is 0 Å². The average Bonchev–Trinajstić information content (AvgIpc) is 3.28. The van der Waals surface area contributed by atoms with Gasteiger partial charge in [0.2, 0.25) is 0 Å². The summed E-state index contributed by atoms with van der Waals surface area (Å²) in [6.07, 6.45) is 2.26. The molecule has 1 amide bonds. The summed E-state index contributed by atoms with van der Waals surface area (Å²) in [6.45, 7) is 5.12. The minimum Gasteiger partial charge on any atom is -0.334 e. The quantitative estimate of drug-likeness (QED) is 0.850. The molecule has 0 saturated heterocycles. The number of benzene rings is 1. The topological polar surface area (TPSA) is 33.2 Å². The highest BCUT2D eigenvalue weighted by Crippen LogP contribution is 2.29. The van der Waals surface area contributed by atoms with Crippen LogP contribution in [0, 0.1) is 5.92 Å². The van der Waals surface area contributed by atoms with Gasteiger partial charge in [-0.2, -0.15) is 0 Å². The number of carbonyl (C=O) groups excluding carboxylic acids is 1. The zero-order valence-electron chi connectivity index (χ0n) is 12.0. The molecule has 1 aromatic heterocycles. The molecule has 1 heterocycles. The van der Waals surface area contributed by atoms with E-state index >= 15 is 0 Å². The summed E-state index contributed by atoms with van der Waals surface area (Å²) in [6, 6.07) is 12.2. The third-order valence-corrected chi connectivity index (χ3v) is 3.63. The number of hydrogen-bond donors (Lipinski definition) is 0. The Morgan fingerprint density at radius 2 is 2.00 bits per heavy atom. The van der Waals surface area contributed by atoms with E-state index in [4.69, 9.17) is 0 Å². The van der Waals surface area contributed by atoms with Crippen LogP contribution in [0.1, 0.15) is 37.2 Å². The van der Waals surface area contributed by atoms with Crippen molar-refractivity contribution in [1.29, 1.82) is 0 Å². The molecule has 0 N–H and O–H groups in total. The van der Waals surface area contributed by atoms with Crippen molar-refractivity contribution in [3.8, 4) is 0 Å². The number of rotatable bonds is 4. The van der Waals surface area contributed by atoms with E-state index in [1.807, 2.05) is 41.3 Å². The fourth-order valence-electron chi connectivity index (χ4n) is 2.51. The van der Waals surface area contributed by atoms with E-state index in [0.29, 0.717) is 17.7 Å². The molecule has 1 aliphatic rings. The number of fused-ring (bicyclic) bond motifs is 1. The molecular formula is C17H20N2O. The Labute approximate surface area is 119 Å². The fourth-order valence-corrected chi connectivity index (χ4v) is 2.51. The fraction of sp³-hybridized carbons (Fsp3) is 0.412. The Hall–Kier alpha value is -1.90. The summed E-state index contributed by atoms with van der Waals surface area (Å²) >= 11 is 0. The summed E-state index contributed by atoms with van der Waals surface area (Å²) in [7, 11) is 0. The summed E-state index contributed by atoms with van der Waals surface area (Å²) in [5.41, 5.74) is 1.45. The third kappa shape index (κ3) is 2.67. The van der Waals surface area contributed by atoms with Gasteiger partial charge in [-0.25, -0.2) is 4.98 Å². The number of nitrogens with zero attached hydrogens (tertiary/aromatic N) is 2. The van der Waals surface area contributed by atoms with Gasteiger partial charge in [0.05, 0.1) is 5.52 Å². The zero-order chi connectivity index (χ0) is 14.1. The monoisotopic (exact) mass is 268 g/mol. The maximum absolute atomic E-state index is 12.7. The molecule has 0 bridgehead atoms. The Balaban J connectivity index is 1.90. The molecular weight excluding hydrogens is 248 g/mol. The third-order valence-electron chi connectivity index (χ3n) is 3.63. The molecule has 2 aromatic rings. The summed E-state index contributed by atoms with van der Waals surface area (Å²) < 4.78 is 0. The normalized spacial score (nSPS) is 14.8. The standard InChI is InChI=1S/C17H20N2O/c1-12(2)11-19(14-8-9-14)17(20)16-10-7-13-5-3-4-6-15(13)18-16/h3-7,10,12,14H,8-9,11H2,1-2H3. The Kier molecular flexibility index (Phi) is 3.43. The minimum absolute atomic E-state index is 0.0759. The van der Waals surface area contributed by atoms with Gasteiger partial charge in [-0.1, -0.05) is 38.1 Å². The molecule has 0 aliphatic heterocycles. The maximum Gasteiger partial charge on any atom is 0.272 e. The van der Waals surface area contributed by atoms with Gasteiger partial charge in [0.1, 0.15) is 5.69 Å². The van der Waals surface area contributed by atoms with Crippen molar-refractivity contribution in [3.05, 3.63) is 42.1 Å². The molecule has 104 valence electrons. The Morgan fingerprint density at radius 3 is 2.70 bits per heavy atom. The first-order valence-electron chi connectivity index (χ1n) is 7.32. The van der Waals surface area contributed by atoms with Crippen molar-refractivity contribution >= 4 is 16.8 Å². The average molecular weight is 268 g/mol. The first-order chi connectivity index (χ1) is 9.65. The number of hydrogen-bond acceptors (Lipinski definition) is 2. The second-order valence-corrected chi connectivity index (χ2v) is 5.97. The van der Waals surface area contributed by atoms with Crippen molar-refractivity contribution in [3.63, 3.8) is 0 Å². The molecule has 1 aliphatic carbocycles. The van der Waals surface area contributed by atoms with Gasteiger partial charge in [0, 0.05) is 18.0 Å². The van der Waals surface area contributed by atoms with Gasteiger partial charge in [-0.15, -0.1) is 0 Å². The Bertz CT molecular complexity index is 632. The van der Waals surface area contributed by atoms with E-state index in [-0.39, 0.29) is 5.91 Å². The van der Waals surface area contributed by atoms with Crippen LogP contribution in [0.4, 0.5) is 0 Å². The smallest absolute Gasteiger partial charge is 0.272 e. The molecule has 0 radical (unpaired) electrons. The van der Waals surface area contributed by atoms with E-state index in [1.165, 1.54) is 0 Å². The first kappa shape index (κ1) is 13.1. The van der Waals surface area contributed by atoms with Crippen molar-refractivity contribution in [2.45, 2.75) is 32.7 Å². The van der Waals surface area contributed by atoms with Crippen molar-refractivity contribution in [2.75, 3.05) is 6.54 Å². The lowest BCUT2D eigenvalue weighted by Gasteiger charge is -2.24. The SMILES string of the molecule is CC(C)CN(C(=O)c1ccc2ccccc2n1)C1CC1. The predicted octanol–water partition coefficient (Wildman–Crippen LogP) is 3.50. The number of carbonyl (C=O) groups is 1. The Morgan fingerprint density at radius 1 is 1.25 bits per heavy atom. The van der Waals surface area contributed by atoms with Gasteiger partial charge in [0.15, 0.2) is 0 Å². The van der Waals surface area contributed by atoms with Gasteiger partial charge >= 0.3 is 0 Å². The summed E-state index contributed by atoms with van der Waals surface area (Å²) in [5, 5.41) is 1.07. The highest BCUT2D eigenvalue weighted by atomic mass is 16.2. The van der Waals surface area contributed by atoms with Gasteiger partial charge < -0.3 is 4.90 Å². The molecule has 20 heavy (non-hydrogen) atoms. The van der Waals surface area contributed by atoms with E-state index in [2.05, 4.69) is 18.8 Å². The highest BCUT2D eigenvalue weighted by molar-refractivity contribution is 5.95. The lowest BCUT2D eigenvalue weighted by molar-refractivity contribution is 0.0717. The van der Waals surface area contributed by atoms with Gasteiger partial charge in [-0.05, 0) is 30.9 Å². The number of amides is 1. The summed E-state index contributed by atoms with van der Waals surface area (Å²) in [5.74, 6) is 0.562. The number of pyridine rings is 1. The molecule has 1 saturated carbocycles. The molecule has 0 atom stereocenters. The number of aromatic nitrogens is 1. The van der Waals surface area contributed by atoms with Crippen LogP contribution in [0.3, 0.4) is 0 Å². The lowest BCUT2D eigenvalue weighted by Crippen LogP contribution is -2.36. The molecule has 3 rings (SSSR count). The van der Waals surface area contributed by atoms with Gasteiger partial charge in [0.25, 0.3) is 5.91 Å². The van der Waals surface area contributed by atoms with Crippen LogP contribution in [0.2, 0.25) is 0 Å². The predicted molar refractivity (Wildman–Crippen MR) is 80.6 cm³/mol. The van der Waals surface area contributed by atoms with E-state index in [0.717, 1.165) is 30.3 Å². The first-order valence-corrected chi connectivity index (χ1v) is 7.32. The second kappa shape index (κ2) is 5.23. The largest absolute Gasteiger partial charge is 0.334 e.